The van der Waals surface area contributed by atoms with Gasteiger partial charge in [-0.2, -0.15) is 0 Å². The molecule has 92 valence electrons. The van der Waals surface area contributed by atoms with Gasteiger partial charge in [-0.1, -0.05) is 0 Å². The molecule has 1 amide bonds. The van der Waals surface area contributed by atoms with Crippen LogP contribution in [0.2, 0.25) is 0 Å². The number of aromatic nitrogens is 1. The lowest BCUT2D eigenvalue weighted by Gasteiger charge is -2.30. The quantitative estimate of drug-likeness (QED) is 0.846. The van der Waals surface area contributed by atoms with Crippen molar-refractivity contribution in [3.63, 3.8) is 0 Å². The van der Waals surface area contributed by atoms with Crippen LogP contribution in [-0.4, -0.2) is 34.9 Å². The topological polar surface area (TPSA) is 59.2 Å². The number of hydrogen-bond acceptors (Lipinski definition) is 3. The molecule has 2 rings (SSSR count). The molecule has 1 aliphatic heterocycles. The van der Waals surface area contributed by atoms with E-state index in [1.165, 1.54) is 0 Å². The lowest BCUT2D eigenvalue weighted by atomic mass is 10.1. The predicted octanol–water partition coefficient (Wildman–Crippen LogP) is 0.964. The molecule has 17 heavy (non-hydrogen) atoms. The summed E-state index contributed by atoms with van der Waals surface area (Å²) in [4.78, 5) is 17.8. The van der Waals surface area contributed by atoms with Crippen LogP contribution in [0.1, 0.15) is 24.8 Å². The van der Waals surface area contributed by atoms with Gasteiger partial charge in [-0.05, 0) is 37.0 Å². The largest absolute Gasteiger partial charge is 0.341 e. The van der Waals surface area contributed by atoms with Gasteiger partial charge in [0.1, 0.15) is 0 Å². The molecule has 0 aliphatic carbocycles. The Morgan fingerprint density at radius 3 is 2.94 bits per heavy atom. The molecule has 4 heteroatoms. The number of carbonyl (C=O) groups excluding carboxylic acids is 1. The average molecular weight is 233 g/mol. The molecule has 1 fully saturated rings. The summed E-state index contributed by atoms with van der Waals surface area (Å²) in [6.45, 7) is 1.58. The minimum Gasteiger partial charge on any atom is -0.341 e. The molecule has 1 aliphatic rings. The van der Waals surface area contributed by atoms with E-state index in [0.29, 0.717) is 6.42 Å². The molecule has 0 unspecified atom stereocenters. The molecule has 0 saturated carbocycles. The minimum atomic E-state index is 0.161. The van der Waals surface area contributed by atoms with Gasteiger partial charge in [0, 0.05) is 37.9 Å². The van der Waals surface area contributed by atoms with Crippen molar-refractivity contribution in [2.24, 2.45) is 5.73 Å². The van der Waals surface area contributed by atoms with Gasteiger partial charge in [-0.25, -0.2) is 0 Å². The van der Waals surface area contributed by atoms with Crippen molar-refractivity contribution in [2.45, 2.75) is 31.7 Å². The number of aryl methyl sites for hydroxylation is 1. The SMILES string of the molecule is N[C@@H]1CCCN(C(=O)CCc2ccncc2)C1. The second-order valence-electron chi connectivity index (χ2n) is 4.60. The molecule has 1 saturated heterocycles. The third kappa shape index (κ3) is 3.53. The summed E-state index contributed by atoms with van der Waals surface area (Å²) in [5, 5.41) is 0. The lowest BCUT2D eigenvalue weighted by Crippen LogP contribution is -2.45. The maximum atomic E-state index is 12.0. The Balaban J connectivity index is 1.81. The Bertz CT molecular complexity index is 366. The van der Waals surface area contributed by atoms with E-state index in [-0.39, 0.29) is 11.9 Å². The molecular formula is C13H19N3O. The third-order valence-corrected chi connectivity index (χ3v) is 3.19. The van der Waals surface area contributed by atoms with E-state index in [1.807, 2.05) is 17.0 Å². The Kier molecular flexibility index (Phi) is 4.09. The summed E-state index contributed by atoms with van der Waals surface area (Å²) in [5.41, 5.74) is 7.03. The average Bonchev–Trinajstić information content (AvgIpc) is 2.37. The standard InChI is InChI=1S/C13H19N3O/c14-12-2-1-9-16(10-12)13(17)4-3-11-5-7-15-8-6-11/h5-8,12H,1-4,9-10,14H2/t12-/m1/s1. The van der Waals surface area contributed by atoms with Crippen LogP contribution in [0.15, 0.2) is 24.5 Å². The molecule has 1 aromatic heterocycles. The molecule has 0 radical (unpaired) electrons. The van der Waals surface area contributed by atoms with Crippen LogP contribution in [-0.2, 0) is 11.2 Å². The number of amides is 1. The molecule has 1 aromatic rings. The van der Waals surface area contributed by atoms with E-state index in [9.17, 15) is 4.79 Å². The minimum absolute atomic E-state index is 0.161. The first-order valence-corrected chi connectivity index (χ1v) is 6.18. The zero-order valence-electron chi connectivity index (χ0n) is 10.0. The van der Waals surface area contributed by atoms with E-state index < -0.39 is 0 Å². The van der Waals surface area contributed by atoms with Crippen molar-refractivity contribution in [1.82, 2.24) is 9.88 Å². The highest BCUT2D eigenvalue weighted by Crippen LogP contribution is 2.11. The van der Waals surface area contributed by atoms with Crippen molar-refractivity contribution in [3.05, 3.63) is 30.1 Å². The van der Waals surface area contributed by atoms with Crippen molar-refractivity contribution in [2.75, 3.05) is 13.1 Å². The van der Waals surface area contributed by atoms with Crippen LogP contribution in [0.5, 0.6) is 0 Å². The van der Waals surface area contributed by atoms with Crippen molar-refractivity contribution >= 4 is 5.91 Å². The molecule has 2 N–H and O–H groups in total. The normalized spacial score (nSPS) is 20.3. The summed E-state index contributed by atoms with van der Waals surface area (Å²) in [6.07, 6.45) is 6.94. The maximum absolute atomic E-state index is 12.0. The molecule has 2 heterocycles. The zero-order chi connectivity index (χ0) is 12.1. The second-order valence-corrected chi connectivity index (χ2v) is 4.60. The summed E-state index contributed by atoms with van der Waals surface area (Å²) in [5.74, 6) is 0.219. The first-order valence-electron chi connectivity index (χ1n) is 6.18. The molecule has 0 spiro atoms. The molecule has 4 nitrogen and oxygen atoms in total. The summed E-state index contributed by atoms with van der Waals surface area (Å²) in [6, 6.07) is 4.07. The van der Waals surface area contributed by atoms with E-state index in [4.69, 9.17) is 5.73 Å². The first kappa shape index (κ1) is 12.0. The van der Waals surface area contributed by atoms with Crippen molar-refractivity contribution < 1.29 is 4.79 Å². The number of likely N-dealkylation sites (tertiary alicyclic amines) is 1. The van der Waals surface area contributed by atoms with Crippen LogP contribution >= 0.6 is 0 Å². The van der Waals surface area contributed by atoms with Crippen molar-refractivity contribution in [1.29, 1.82) is 0 Å². The number of carbonyl (C=O) groups is 1. The highest BCUT2D eigenvalue weighted by Gasteiger charge is 2.20. The van der Waals surface area contributed by atoms with Crippen LogP contribution in [0.4, 0.5) is 0 Å². The third-order valence-electron chi connectivity index (χ3n) is 3.19. The number of nitrogens with two attached hydrogens (primary N) is 1. The highest BCUT2D eigenvalue weighted by atomic mass is 16.2. The Morgan fingerprint density at radius 2 is 2.24 bits per heavy atom. The fourth-order valence-corrected chi connectivity index (χ4v) is 2.20. The predicted molar refractivity (Wildman–Crippen MR) is 66.3 cm³/mol. The molecule has 1 atom stereocenters. The number of piperidine rings is 1. The Hall–Kier alpha value is -1.42. The number of hydrogen-bond donors (Lipinski definition) is 1. The van der Waals surface area contributed by atoms with Gasteiger partial charge >= 0.3 is 0 Å². The fraction of sp³-hybridized carbons (Fsp3) is 0.538. The number of pyridine rings is 1. The number of nitrogens with zero attached hydrogens (tertiary/aromatic N) is 2. The van der Waals surface area contributed by atoms with Gasteiger partial charge in [0.25, 0.3) is 0 Å². The van der Waals surface area contributed by atoms with Crippen LogP contribution < -0.4 is 5.73 Å². The zero-order valence-corrected chi connectivity index (χ0v) is 10.0. The van der Waals surface area contributed by atoms with E-state index in [2.05, 4.69) is 4.98 Å². The lowest BCUT2D eigenvalue weighted by molar-refractivity contribution is -0.132. The fourth-order valence-electron chi connectivity index (χ4n) is 2.20. The Labute approximate surface area is 102 Å². The van der Waals surface area contributed by atoms with E-state index in [1.54, 1.807) is 12.4 Å². The second kappa shape index (κ2) is 5.77. The van der Waals surface area contributed by atoms with E-state index in [0.717, 1.165) is 37.9 Å². The molecule has 0 bridgehead atoms. The first-order chi connectivity index (χ1) is 8.25. The van der Waals surface area contributed by atoms with Gasteiger partial charge in [0.2, 0.25) is 5.91 Å². The van der Waals surface area contributed by atoms with Gasteiger partial charge in [-0.15, -0.1) is 0 Å². The summed E-state index contributed by atoms with van der Waals surface area (Å²) in [7, 11) is 0. The smallest absolute Gasteiger partial charge is 0.222 e. The number of rotatable bonds is 3. The van der Waals surface area contributed by atoms with Gasteiger partial charge in [0.05, 0.1) is 0 Å². The van der Waals surface area contributed by atoms with Crippen molar-refractivity contribution in [3.8, 4) is 0 Å². The maximum Gasteiger partial charge on any atom is 0.222 e. The van der Waals surface area contributed by atoms with Gasteiger partial charge in [-0.3, -0.25) is 9.78 Å². The van der Waals surface area contributed by atoms with Crippen LogP contribution in [0.25, 0.3) is 0 Å². The Morgan fingerprint density at radius 1 is 1.47 bits per heavy atom. The van der Waals surface area contributed by atoms with Crippen LogP contribution in [0.3, 0.4) is 0 Å². The molecular weight excluding hydrogens is 214 g/mol. The highest BCUT2D eigenvalue weighted by molar-refractivity contribution is 5.76. The molecule has 0 aromatic carbocycles. The van der Waals surface area contributed by atoms with Crippen LogP contribution in [0, 0.1) is 0 Å². The summed E-state index contributed by atoms with van der Waals surface area (Å²) >= 11 is 0. The van der Waals surface area contributed by atoms with E-state index >= 15 is 0 Å². The van der Waals surface area contributed by atoms with Gasteiger partial charge in [0.15, 0.2) is 0 Å². The van der Waals surface area contributed by atoms with Gasteiger partial charge < -0.3 is 10.6 Å². The summed E-state index contributed by atoms with van der Waals surface area (Å²) < 4.78 is 0. The monoisotopic (exact) mass is 233 g/mol.